The Balaban J connectivity index is 1.42. The van der Waals surface area contributed by atoms with Crippen molar-refractivity contribution in [2.75, 3.05) is 13.3 Å². The molecule has 0 amide bonds. The highest BCUT2D eigenvalue weighted by Crippen LogP contribution is 2.35. The second-order valence-electron chi connectivity index (χ2n) is 6.72. The van der Waals surface area contributed by atoms with Gasteiger partial charge in [0.25, 0.3) is 0 Å². The zero-order valence-corrected chi connectivity index (χ0v) is 13.8. The minimum Gasteiger partial charge on any atom is -0.454 e. The molecule has 0 fully saturated rings. The number of fused-ring (bicyclic) bond motifs is 4. The monoisotopic (exact) mass is 320 g/mol. The highest BCUT2D eigenvalue weighted by molar-refractivity contribution is 5.84. The minimum atomic E-state index is 0.334. The fourth-order valence-electron chi connectivity index (χ4n) is 3.88. The lowest BCUT2D eigenvalue weighted by atomic mass is 10.0. The summed E-state index contributed by atoms with van der Waals surface area (Å²) in [6.07, 6.45) is 1.10. The van der Waals surface area contributed by atoms with Crippen molar-refractivity contribution in [1.29, 1.82) is 0 Å². The van der Waals surface area contributed by atoms with Crippen molar-refractivity contribution < 1.29 is 9.47 Å². The molecule has 1 N–H and O–H groups in total. The molecule has 0 saturated heterocycles. The van der Waals surface area contributed by atoms with Crippen LogP contribution >= 0.6 is 0 Å². The molecule has 2 aromatic carbocycles. The molecular formula is C20H20N2O2. The Morgan fingerprint density at radius 1 is 1.12 bits per heavy atom. The quantitative estimate of drug-likeness (QED) is 0.781. The molecule has 0 spiro atoms. The Bertz CT molecular complexity index is 929. The summed E-state index contributed by atoms with van der Waals surface area (Å²) in [4.78, 5) is 6.10. The molecule has 122 valence electrons. The molecule has 0 aliphatic carbocycles. The van der Waals surface area contributed by atoms with Crippen molar-refractivity contribution in [2.24, 2.45) is 0 Å². The van der Waals surface area contributed by atoms with Gasteiger partial charge >= 0.3 is 0 Å². The van der Waals surface area contributed by atoms with Crippen molar-refractivity contribution >= 4 is 10.9 Å². The molecule has 4 nitrogen and oxygen atoms in total. The van der Waals surface area contributed by atoms with Crippen LogP contribution in [0.5, 0.6) is 11.5 Å². The summed E-state index contributed by atoms with van der Waals surface area (Å²) in [6.45, 7) is 5.48. The number of aromatic amines is 1. The fourth-order valence-corrected chi connectivity index (χ4v) is 3.88. The van der Waals surface area contributed by atoms with Crippen LogP contribution in [0.25, 0.3) is 10.9 Å². The summed E-state index contributed by atoms with van der Waals surface area (Å²) < 4.78 is 11.0. The van der Waals surface area contributed by atoms with E-state index in [9.17, 15) is 0 Å². The first-order valence-corrected chi connectivity index (χ1v) is 8.48. The third kappa shape index (κ3) is 2.18. The largest absolute Gasteiger partial charge is 0.454 e. The van der Waals surface area contributed by atoms with Gasteiger partial charge in [-0.05, 0) is 48.2 Å². The Labute approximate surface area is 141 Å². The third-order valence-corrected chi connectivity index (χ3v) is 5.19. The van der Waals surface area contributed by atoms with Gasteiger partial charge < -0.3 is 14.5 Å². The lowest BCUT2D eigenvalue weighted by molar-refractivity contribution is 0.174. The lowest BCUT2D eigenvalue weighted by Crippen LogP contribution is -2.30. The van der Waals surface area contributed by atoms with Crippen LogP contribution < -0.4 is 9.47 Å². The van der Waals surface area contributed by atoms with E-state index in [2.05, 4.69) is 53.2 Å². The number of aryl methyl sites for hydroxylation is 1. The molecule has 1 aromatic heterocycles. The summed E-state index contributed by atoms with van der Waals surface area (Å²) in [7, 11) is 0. The van der Waals surface area contributed by atoms with Crippen molar-refractivity contribution in [3.8, 4) is 11.5 Å². The molecule has 0 saturated carbocycles. The maximum atomic E-state index is 5.53. The van der Waals surface area contributed by atoms with Gasteiger partial charge in [0.2, 0.25) is 6.79 Å². The normalized spacial score (nSPS) is 16.5. The van der Waals surface area contributed by atoms with Crippen LogP contribution in [0, 0.1) is 6.92 Å². The summed E-state index contributed by atoms with van der Waals surface area (Å²) in [6, 6.07) is 12.8. The van der Waals surface area contributed by atoms with Crippen molar-refractivity contribution in [3.05, 3.63) is 58.8 Å². The SMILES string of the molecule is Cc1cc2c(cc1CN1CCc3c([nH]c4ccccc34)C1)OCO2. The van der Waals surface area contributed by atoms with E-state index < -0.39 is 0 Å². The average molecular weight is 320 g/mol. The number of nitrogens with zero attached hydrogens (tertiary/aromatic N) is 1. The highest BCUT2D eigenvalue weighted by Gasteiger charge is 2.22. The zero-order valence-electron chi connectivity index (χ0n) is 13.8. The van der Waals surface area contributed by atoms with Crippen molar-refractivity contribution in [1.82, 2.24) is 9.88 Å². The number of hydrogen-bond donors (Lipinski definition) is 1. The van der Waals surface area contributed by atoms with E-state index in [4.69, 9.17) is 9.47 Å². The molecule has 0 radical (unpaired) electrons. The molecular weight excluding hydrogens is 300 g/mol. The van der Waals surface area contributed by atoms with Gasteiger partial charge in [0, 0.05) is 36.2 Å². The molecule has 3 aromatic rings. The van der Waals surface area contributed by atoms with E-state index in [0.717, 1.165) is 37.6 Å². The van der Waals surface area contributed by atoms with Crippen LogP contribution in [-0.4, -0.2) is 23.2 Å². The molecule has 5 rings (SSSR count). The number of ether oxygens (including phenoxy) is 2. The number of para-hydroxylation sites is 1. The molecule has 3 heterocycles. The van der Waals surface area contributed by atoms with Gasteiger partial charge in [-0.1, -0.05) is 18.2 Å². The van der Waals surface area contributed by atoms with Crippen molar-refractivity contribution in [2.45, 2.75) is 26.4 Å². The number of rotatable bonds is 2. The summed E-state index contributed by atoms with van der Waals surface area (Å²) in [5, 5.41) is 1.38. The van der Waals surface area contributed by atoms with E-state index in [-0.39, 0.29) is 0 Å². The first-order chi connectivity index (χ1) is 11.8. The predicted octanol–water partition coefficient (Wildman–Crippen LogP) is 3.76. The molecule has 0 atom stereocenters. The first kappa shape index (κ1) is 13.9. The number of nitrogens with one attached hydrogen (secondary N) is 1. The highest BCUT2D eigenvalue weighted by atomic mass is 16.7. The smallest absolute Gasteiger partial charge is 0.231 e. The first-order valence-electron chi connectivity index (χ1n) is 8.48. The fraction of sp³-hybridized carbons (Fsp3) is 0.300. The molecule has 2 aliphatic heterocycles. The van der Waals surface area contributed by atoms with E-state index in [0.29, 0.717) is 6.79 Å². The number of H-pyrrole nitrogens is 1. The van der Waals surface area contributed by atoms with Gasteiger partial charge in [0.05, 0.1) is 0 Å². The molecule has 0 bridgehead atoms. The molecule has 0 unspecified atom stereocenters. The maximum absolute atomic E-state index is 5.53. The average Bonchev–Trinajstić information content (AvgIpc) is 3.18. The lowest BCUT2D eigenvalue weighted by Gasteiger charge is -2.27. The van der Waals surface area contributed by atoms with Crippen molar-refractivity contribution in [3.63, 3.8) is 0 Å². The Kier molecular flexibility index (Phi) is 3.06. The van der Waals surface area contributed by atoms with Gasteiger partial charge in [0.15, 0.2) is 11.5 Å². The summed E-state index contributed by atoms with van der Waals surface area (Å²) in [5.74, 6) is 1.74. The Morgan fingerprint density at radius 3 is 2.88 bits per heavy atom. The van der Waals surface area contributed by atoms with Crippen LogP contribution in [-0.2, 0) is 19.5 Å². The van der Waals surface area contributed by atoms with E-state index in [1.807, 2.05) is 0 Å². The Morgan fingerprint density at radius 2 is 1.96 bits per heavy atom. The van der Waals surface area contributed by atoms with Gasteiger partial charge in [-0.15, -0.1) is 0 Å². The van der Waals surface area contributed by atoms with Gasteiger partial charge in [0.1, 0.15) is 0 Å². The van der Waals surface area contributed by atoms with Crippen LogP contribution in [0.15, 0.2) is 36.4 Å². The Hall–Kier alpha value is -2.46. The van der Waals surface area contributed by atoms with E-state index >= 15 is 0 Å². The zero-order chi connectivity index (χ0) is 16.1. The van der Waals surface area contributed by atoms with Gasteiger partial charge in [-0.2, -0.15) is 0 Å². The predicted molar refractivity (Wildman–Crippen MR) is 93.4 cm³/mol. The number of hydrogen-bond acceptors (Lipinski definition) is 3. The molecule has 2 aliphatic rings. The van der Waals surface area contributed by atoms with Crippen LogP contribution in [0.4, 0.5) is 0 Å². The second-order valence-corrected chi connectivity index (χ2v) is 6.72. The molecule has 24 heavy (non-hydrogen) atoms. The second kappa shape index (κ2) is 5.28. The standard InChI is InChI=1S/C20H20N2O2/c1-13-8-19-20(24-12-23-19)9-14(13)10-22-7-6-16-15-4-2-3-5-17(15)21-18(16)11-22/h2-5,8-9,21H,6-7,10-12H2,1H3. The van der Waals surface area contributed by atoms with Crippen LogP contribution in [0.3, 0.4) is 0 Å². The molecule has 4 heteroatoms. The third-order valence-electron chi connectivity index (χ3n) is 5.19. The van der Waals surface area contributed by atoms with Crippen LogP contribution in [0.1, 0.15) is 22.4 Å². The van der Waals surface area contributed by atoms with E-state index in [1.165, 1.54) is 33.3 Å². The summed E-state index contributed by atoms with van der Waals surface area (Å²) >= 11 is 0. The minimum absolute atomic E-state index is 0.334. The maximum Gasteiger partial charge on any atom is 0.231 e. The van der Waals surface area contributed by atoms with Crippen LogP contribution in [0.2, 0.25) is 0 Å². The van der Waals surface area contributed by atoms with Gasteiger partial charge in [-0.25, -0.2) is 0 Å². The number of aromatic nitrogens is 1. The summed E-state index contributed by atoms with van der Waals surface area (Å²) in [5.41, 5.74) is 6.69. The van der Waals surface area contributed by atoms with Gasteiger partial charge in [-0.3, -0.25) is 4.90 Å². The number of benzene rings is 2. The van der Waals surface area contributed by atoms with E-state index in [1.54, 1.807) is 0 Å². The topological polar surface area (TPSA) is 37.5 Å².